The standard InChI is InChI=1S/C55H53NO11P2/c57-49-50(63-35-41-19-7-1-8-20-41)53(66-68(61,37-43-23-11-3-12-24-43)38-44-25-13-4-14-26-44)54(67-69(62,39-45-27-15-5-16-28-45)40-46-29-17-6-18-30-46)52(64-36-42-21-9-2-10-22-42)51(49)65-55(58)47-31-33-48(34-32-47)56(59)60/h1-34,49-54,57H,35-40H2/t49-,50-,51-,52-,53+,54+/m1/s1. The summed E-state index contributed by atoms with van der Waals surface area (Å²) < 4.78 is 66.1. The number of aliphatic hydroxyl groups excluding tert-OH is 1. The molecule has 6 atom stereocenters. The average Bonchev–Trinajstić information content (AvgIpc) is 3.36. The fraction of sp³-hybridized carbons (Fsp3) is 0.218. The van der Waals surface area contributed by atoms with Gasteiger partial charge in [-0.15, -0.1) is 0 Å². The van der Waals surface area contributed by atoms with Crippen molar-refractivity contribution < 1.29 is 47.2 Å². The molecule has 0 spiro atoms. The average molecular weight is 966 g/mol. The Kier molecular flexibility index (Phi) is 16.6. The summed E-state index contributed by atoms with van der Waals surface area (Å²) in [6.45, 7) is -0.152. The molecule has 0 radical (unpaired) electrons. The fourth-order valence-corrected chi connectivity index (χ4v) is 13.4. The number of aliphatic hydroxyl groups is 1. The van der Waals surface area contributed by atoms with Crippen molar-refractivity contribution in [3.05, 3.63) is 255 Å². The maximum atomic E-state index is 16.1. The minimum Gasteiger partial charge on any atom is -0.453 e. The Balaban J connectivity index is 1.30. The van der Waals surface area contributed by atoms with Gasteiger partial charge in [-0.1, -0.05) is 182 Å². The summed E-state index contributed by atoms with van der Waals surface area (Å²) in [7, 11) is -7.87. The minimum atomic E-state index is -3.95. The van der Waals surface area contributed by atoms with E-state index in [-0.39, 0.29) is 49.1 Å². The van der Waals surface area contributed by atoms with E-state index >= 15 is 9.13 Å². The largest absolute Gasteiger partial charge is 0.453 e. The molecule has 1 aliphatic rings. The Morgan fingerprint density at radius 1 is 0.449 bits per heavy atom. The molecule has 1 fully saturated rings. The quantitative estimate of drug-likeness (QED) is 0.0316. The Bertz CT molecular complexity index is 2720. The third kappa shape index (κ3) is 13.5. The zero-order valence-electron chi connectivity index (χ0n) is 37.7. The molecular formula is C55H53NO11P2. The van der Waals surface area contributed by atoms with Crippen LogP contribution in [0.3, 0.4) is 0 Å². The summed E-state index contributed by atoms with van der Waals surface area (Å²) >= 11 is 0. The Hall–Kier alpha value is -6.33. The molecule has 354 valence electrons. The SMILES string of the molecule is O=C(O[C@@H]1[C@H](O)[C@@H](OCc2ccccc2)[C@H](OP(=O)(Cc2ccccc2)Cc2ccccc2)[C@@H](OP(=O)(Cc2ccccc2)Cc2ccccc2)[C@@H]1OCc1ccccc1)c1ccc([N+](=O)[O-])cc1. The van der Waals surface area contributed by atoms with E-state index in [9.17, 15) is 20.0 Å². The van der Waals surface area contributed by atoms with Gasteiger partial charge in [-0.25, -0.2) is 4.79 Å². The number of nitro benzene ring substituents is 1. The molecule has 1 aliphatic carbocycles. The molecule has 1 N–H and O–H groups in total. The first-order valence-corrected chi connectivity index (χ1v) is 26.7. The van der Waals surface area contributed by atoms with Crippen LogP contribution in [0.1, 0.15) is 43.7 Å². The van der Waals surface area contributed by atoms with Crippen LogP contribution in [0.2, 0.25) is 0 Å². The van der Waals surface area contributed by atoms with Gasteiger partial charge in [0, 0.05) is 12.1 Å². The number of esters is 1. The smallest absolute Gasteiger partial charge is 0.338 e. The van der Waals surface area contributed by atoms with E-state index in [1.165, 1.54) is 24.3 Å². The number of hydrogen-bond donors (Lipinski definition) is 1. The van der Waals surface area contributed by atoms with Crippen LogP contribution in [0.4, 0.5) is 5.69 Å². The maximum Gasteiger partial charge on any atom is 0.338 e. The van der Waals surface area contributed by atoms with Crippen molar-refractivity contribution in [1.29, 1.82) is 0 Å². The number of ether oxygens (including phenoxy) is 3. The highest BCUT2D eigenvalue weighted by atomic mass is 31.2. The highest BCUT2D eigenvalue weighted by Crippen LogP contribution is 2.60. The van der Waals surface area contributed by atoms with Gasteiger partial charge in [0.1, 0.15) is 30.5 Å². The van der Waals surface area contributed by atoms with Crippen molar-refractivity contribution in [2.24, 2.45) is 0 Å². The Morgan fingerprint density at radius 3 is 1.12 bits per heavy atom. The van der Waals surface area contributed by atoms with Crippen molar-refractivity contribution in [2.75, 3.05) is 0 Å². The Labute approximate surface area is 401 Å². The van der Waals surface area contributed by atoms with Crippen LogP contribution in [0.5, 0.6) is 0 Å². The molecule has 0 unspecified atom stereocenters. The van der Waals surface area contributed by atoms with E-state index < -0.39 is 62.3 Å². The van der Waals surface area contributed by atoms with Crippen LogP contribution in [-0.2, 0) is 70.2 Å². The number of rotatable bonds is 21. The van der Waals surface area contributed by atoms with Crippen molar-refractivity contribution in [2.45, 2.75) is 74.5 Å². The first-order valence-electron chi connectivity index (χ1n) is 22.7. The molecule has 0 amide bonds. The van der Waals surface area contributed by atoms with Gasteiger partial charge in [-0.2, -0.15) is 0 Å². The molecule has 8 rings (SSSR count). The zero-order valence-corrected chi connectivity index (χ0v) is 39.5. The summed E-state index contributed by atoms with van der Waals surface area (Å²) in [5, 5.41) is 24.4. The van der Waals surface area contributed by atoms with Crippen LogP contribution in [0, 0.1) is 10.1 Å². The topological polar surface area (TPSA) is 161 Å². The first kappa shape index (κ1) is 49.1. The van der Waals surface area contributed by atoms with E-state index in [0.717, 1.165) is 33.4 Å². The number of carbonyl (C=O) groups excluding carboxylic acids is 1. The van der Waals surface area contributed by atoms with Gasteiger partial charge >= 0.3 is 5.97 Å². The lowest BCUT2D eigenvalue weighted by atomic mass is 9.84. The zero-order chi connectivity index (χ0) is 48.1. The molecule has 1 saturated carbocycles. The van der Waals surface area contributed by atoms with Crippen molar-refractivity contribution in [1.82, 2.24) is 0 Å². The molecule has 0 bridgehead atoms. The predicted molar refractivity (Wildman–Crippen MR) is 264 cm³/mol. The van der Waals surface area contributed by atoms with Crippen LogP contribution in [0.25, 0.3) is 0 Å². The summed E-state index contributed by atoms with van der Waals surface area (Å²) in [4.78, 5) is 25.2. The van der Waals surface area contributed by atoms with Gasteiger partial charge in [-0.05, 0) is 45.5 Å². The number of carbonyl (C=O) groups is 1. The van der Waals surface area contributed by atoms with Gasteiger partial charge in [0.05, 0.1) is 48.3 Å². The second kappa shape index (κ2) is 23.3. The number of benzene rings is 7. The third-order valence-electron chi connectivity index (χ3n) is 11.8. The molecule has 69 heavy (non-hydrogen) atoms. The van der Waals surface area contributed by atoms with E-state index in [0.29, 0.717) is 0 Å². The van der Waals surface area contributed by atoms with Gasteiger partial charge < -0.3 is 28.4 Å². The number of non-ortho nitro benzene ring substituents is 1. The normalized spacial score (nSPS) is 19.4. The van der Waals surface area contributed by atoms with E-state index in [1.54, 1.807) is 0 Å². The lowest BCUT2D eigenvalue weighted by Gasteiger charge is -2.49. The molecule has 14 heteroatoms. The highest BCUT2D eigenvalue weighted by Gasteiger charge is 2.58. The van der Waals surface area contributed by atoms with Crippen molar-refractivity contribution >= 4 is 26.4 Å². The second-order valence-electron chi connectivity index (χ2n) is 17.0. The summed E-state index contributed by atoms with van der Waals surface area (Å²) in [5.41, 5.74) is 4.10. The lowest BCUT2D eigenvalue weighted by molar-refractivity contribution is -0.384. The monoisotopic (exact) mass is 965 g/mol. The fourth-order valence-electron chi connectivity index (χ4n) is 8.49. The first-order chi connectivity index (χ1) is 33.5. The molecule has 7 aromatic carbocycles. The minimum absolute atomic E-state index is 0.0206. The van der Waals surface area contributed by atoms with Crippen LogP contribution in [0.15, 0.2) is 206 Å². The second-order valence-corrected chi connectivity index (χ2v) is 22.0. The molecule has 0 aliphatic heterocycles. The van der Waals surface area contributed by atoms with Crippen molar-refractivity contribution in [3.8, 4) is 0 Å². The van der Waals surface area contributed by atoms with Gasteiger partial charge in [0.25, 0.3) is 5.69 Å². The Morgan fingerprint density at radius 2 is 0.768 bits per heavy atom. The number of nitro groups is 1. The lowest BCUT2D eigenvalue weighted by Crippen LogP contribution is -2.66. The van der Waals surface area contributed by atoms with E-state index in [1.807, 2.05) is 182 Å². The van der Waals surface area contributed by atoms with E-state index in [4.69, 9.17) is 23.3 Å². The molecule has 12 nitrogen and oxygen atoms in total. The van der Waals surface area contributed by atoms with Crippen LogP contribution in [-0.4, -0.2) is 52.6 Å². The summed E-state index contributed by atoms with van der Waals surface area (Å²) in [6, 6.07) is 60.5. The molecule has 7 aromatic rings. The number of nitrogens with zero attached hydrogens (tertiary/aromatic N) is 1. The van der Waals surface area contributed by atoms with Crippen LogP contribution >= 0.6 is 14.7 Å². The van der Waals surface area contributed by atoms with Gasteiger partial charge in [0.15, 0.2) is 6.10 Å². The summed E-state index contributed by atoms with van der Waals surface area (Å²) in [5.74, 6) is -0.933. The molecule has 0 aromatic heterocycles. The van der Waals surface area contributed by atoms with Gasteiger partial charge in [0.2, 0.25) is 14.7 Å². The molecule has 0 heterocycles. The maximum absolute atomic E-state index is 16.1. The van der Waals surface area contributed by atoms with Crippen LogP contribution < -0.4 is 0 Å². The van der Waals surface area contributed by atoms with Crippen molar-refractivity contribution in [3.63, 3.8) is 0 Å². The predicted octanol–water partition coefficient (Wildman–Crippen LogP) is 11.8. The third-order valence-corrected chi connectivity index (χ3v) is 16.4. The molecule has 0 saturated heterocycles. The number of hydrogen-bond acceptors (Lipinski definition) is 11. The summed E-state index contributed by atoms with van der Waals surface area (Å²) in [6.07, 6.45) is -9.25. The van der Waals surface area contributed by atoms with Gasteiger partial charge in [-0.3, -0.25) is 19.2 Å². The highest BCUT2D eigenvalue weighted by molar-refractivity contribution is 7.57. The van der Waals surface area contributed by atoms with E-state index in [2.05, 4.69) is 0 Å². The molecular weight excluding hydrogens is 913 g/mol.